The monoisotopic (exact) mass is 301 g/mol. The average Bonchev–Trinajstić information content (AvgIpc) is 2.33. The van der Waals surface area contributed by atoms with E-state index in [0.717, 1.165) is 18.4 Å². The molecule has 1 aromatic carbocycles. The number of rotatable bonds is 5. The van der Waals surface area contributed by atoms with Crippen LogP contribution in [0.4, 0.5) is 5.69 Å². The summed E-state index contributed by atoms with van der Waals surface area (Å²) in [6, 6.07) is 3.16. The summed E-state index contributed by atoms with van der Waals surface area (Å²) in [7, 11) is -3.74. The summed E-state index contributed by atoms with van der Waals surface area (Å²) in [4.78, 5) is 21.3. The molecular weight excluding hydrogens is 286 g/mol. The van der Waals surface area contributed by atoms with Gasteiger partial charge in [-0.15, -0.1) is 0 Å². The van der Waals surface area contributed by atoms with Crippen molar-refractivity contribution in [2.45, 2.75) is 18.7 Å². The Morgan fingerprint density at radius 1 is 1.40 bits per heavy atom. The summed E-state index contributed by atoms with van der Waals surface area (Å²) in [5, 5.41) is 10.9. The molecule has 0 saturated heterocycles. The number of hydrogen-bond acceptors (Lipinski definition) is 6. The zero-order chi connectivity index (χ0) is 15.5. The number of sulfone groups is 1. The van der Waals surface area contributed by atoms with E-state index in [2.05, 4.69) is 0 Å². The molecular formula is C12H15NO6S. The normalized spacial score (nSPS) is 11.4. The SMILES string of the molecule is CC(C)COC(=O)c1ccc(S(C)(=O)=O)c([N+](=O)[O-])c1. The molecule has 20 heavy (non-hydrogen) atoms. The largest absolute Gasteiger partial charge is 0.462 e. The molecule has 0 spiro atoms. The average molecular weight is 301 g/mol. The first-order valence-electron chi connectivity index (χ1n) is 5.78. The van der Waals surface area contributed by atoms with Crippen molar-refractivity contribution in [2.24, 2.45) is 5.92 Å². The standard InChI is InChI=1S/C12H15NO6S/c1-8(2)7-19-12(14)9-4-5-11(20(3,17)18)10(6-9)13(15)16/h4-6,8H,7H2,1-3H3. The number of hydrogen-bond donors (Lipinski definition) is 0. The van der Waals surface area contributed by atoms with Crippen LogP contribution in [0.3, 0.4) is 0 Å². The first-order chi connectivity index (χ1) is 9.12. The highest BCUT2D eigenvalue weighted by Gasteiger charge is 2.24. The highest BCUT2D eigenvalue weighted by molar-refractivity contribution is 7.90. The fraction of sp³-hybridized carbons (Fsp3) is 0.417. The number of benzene rings is 1. The van der Waals surface area contributed by atoms with Gasteiger partial charge in [0.15, 0.2) is 9.84 Å². The number of nitro groups is 1. The van der Waals surface area contributed by atoms with Crippen LogP contribution in [0.15, 0.2) is 23.1 Å². The number of nitro benzene ring substituents is 1. The second kappa shape index (κ2) is 6.00. The Kier molecular flexibility index (Phi) is 4.83. The number of carbonyl (C=O) groups excluding carboxylic acids is 1. The molecule has 0 atom stereocenters. The molecule has 8 heteroatoms. The molecule has 0 aromatic heterocycles. The van der Waals surface area contributed by atoms with Crippen LogP contribution in [0, 0.1) is 16.0 Å². The quantitative estimate of drug-likeness (QED) is 0.466. The van der Waals surface area contributed by atoms with Gasteiger partial charge in [-0.3, -0.25) is 10.1 Å². The Bertz CT molecular complexity index is 635. The Labute approximate surface area is 116 Å². The summed E-state index contributed by atoms with van der Waals surface area (Å²) in [5.74, 6) is -0.592. The number of esters is 1. The second-order valence-corrected chi connectivity index (χ2v) is 6.69. The highest BCUT2D eigenvalue weighted by Crippen LogP contribution is 2.25. The van der Waals surface area contributed by atoms with E-state index in [1.54, 1.807) is 0 Å². The van der Waals surface area contributed by atoms with E-state index < -0.39 is 31.3 Å². The molecule has 7 nitrogen and oxygen atoms in total. The highest BCUT2D eigenvalue weighted by atomic mass is 32.2. The van der Waals surface area contributed by atoms with Gasteiger partial charge < -0.3 is 4.74 Å². The minimum absolute atomic E-state index is 0.0512. The zero-order valence-electron chi connectivity index (χ0n) is 11.3. The second-order valence-electron chi connectivity index (χ2n) is 4.70. The maximum atomic E-state index is 11.7. The van der Waals surface area contributed by atoms with Crippen LogP contribution in [0.5, 0.6) is 0 Å². The predicted molar refractivity (Wildman–Crippen MR) is 71.3 cm³/mol. The Morgan fingerprint density at radius 2 is 2.00 bits per heavy atom. The van der Waals surface area contributed by atoms with Crippen LogP contribution in [-0.2, 0) is 14.6 Å². The van der Waals surface area contributed by atoms with Crippen molar-refractivity contribution >= 4 is 21.5 Å². The van der Waals surface area contributed by atoms with Crippen LogP contribution in [0.2, 0.25) is 0 Å². The summed E-state index contributed by atoms with van der Waals surface area (Å²) < 4.78 is 27.8. The van der Waals surface area contributed by atoms with Gasteiger partial charge in [0.25, 0.3) is 5.69 Å². The Hall–Kier alpha value is -1.96. The lowest BCUT2D eigenvalue weighted by molar-refractivity contribution is -0.387. The topological polar surface area (TPSA) is 104 Å². The Morgan fingerprint density at radius 3 is 2.45 bits per heavy atom. The summed E-state index contributed by atoms with van der Waals surface area (Å²) in [6.45, 7) is 3.88. The molecule has 0 aliphatic carbocycles. The first-order valence-corrected chi connectivity index (χ1v) is 7.67. The number of ether oxygens (including phenoxy) is 1. The fourth-order valence-electron chi connectivity index (χ4n) is 1.43. The molecule has 0 heterocycles. The molecule has 0 amide bonds. The van der Waals surface area contributed by atoms with E-state index in [4.69, 9.17) is 4.74 Å². The van der Waals surface area contributed by atoms with Gasteiger partial charge in [0.1, 0.15) is 4.90 Å². The number of carbonyl (C=O) groups is 1. The third-order valence-electron chi connectivity index (χ3n) is 2.34. The van der Waals surface area contributed by atoms with Crippen LogP contribution in [0.25, 0.3) is 0 Å². The zero-order valence-corrected chi connectivity index (χ0v) is 12.1. The third kappa shape index (κ3) is 4.02. The van der Waals surface area contributed by atoms with E-state index in [9.17, 15) is 23.3 Å². The van der Waals surface area contributed by atoms with E-state index in [1.165, 1.54) is 6.07 Å². The molecule has 0 aliphatic rings. The lowest BCUT2D eigenvalue weighted by Crippen LogP contribution is -2.11. The minimum atomic E-state index is -3.74. The van der Waals surface area contributed by atoms with Gasteiger partial charge in [-0.2, -0.15) is 0 Å². The smallest absolute Gasteiger partial charge is 0.338 e. The molecule has 110 valence electrons. The van der Waals surface area contributed by atoms with Crippen LogP contribution in [-0.4, -0.2) is 32.2 Å². The van der Waals surface area contributed by atoms with Gasteiger partial charge in [0.2, 0.25) is 0 Å². The summed E-state index contributed by atoms with van der Waals surface area (Å²) in [5.41, 5.74) is -0.684. The van der Waals surface area contributed by atoms with Crippen LogP contribution in [0.1, 0.15) is 24.2 Å². The maximum absolute atomic E-state index is 11.7. The van der Waals surface area contributed by atoms with Crippen molar-refractivity contribution in [3.63, 3.8) is 0 Å². The van der Waals surface area contributed by atoms with Gasteiger partial charge >= 0.3 is 5.97 Å². The molecule has 0 aliphatic heterocycles. The van der Waals surface area contributed by atoms with Crippen LogP contribution < -0.4 is 0 Å². The molecule has 0 N–H and O–H groups in total. The van der Waals surface area contributed by atoms with Gasteiger partial charge in [0, 0.05) is 12.3 Å². The number of nitrogens with zero attached hydrogens (tertiary/aromatic N) is 1. The van der Waals surface area contributed by atoms with E-state index in [-0.39, 0.29) is 18.1 Å². The van der Waals surface area contributed by atoms with Crippen molar-refractivity contribution in [3.05, 3.63) is 33.9 Å². The molecule has 0 fully saturated rings. The molecule has 0 bridgehead atoms. The maximum Gasteiger partial charge on any atom is 0.338 e. The third-order valence-corrected chi connectivity index (χ3v) is 3.48. The van der Waals surface area contributed by atoms with Gasteiger partial charge in [-0.05, 0) is 18.1 Å². The van der Waals surface area contributed by atoms with Crippen LogP contribution >= 0.6 is 0 Å². The van der Waals surface area contributed by atoms with Gasteiger partial charge in [-0.25, -0.2) is 13.2 Å². The lowest BCUT2D eigenvalue weighted by Gasteiger charge is -2.08. The lowest BCUT2D eigenvalue weighted by atomic mass is 10.2. The molecule has 1 rings (SSSR count). The van der Waals surface area contributed by atoms with E-state index in [1.807, 2.05) is 13.8 Å². The van der Waals surface area contributed by atoms with E-state index in [0.29, 0.717) is 0 Å². The Balaban J connectivity index is 3.18. The van der Waals surface area contributed by atoms with Crippen molar-refractivity contribution in [2.75, 3.05) is 12.9 Å². The fourth-order valence-corrected chi connectivity index (χ4v) is 2.25. The van der Waals surface area contributed by atoms with Crippen molar-refractivity contribution in [1.82, 2.24) is 0 Å². The van der Waals surface area contributed by atoms with Gasteiger partial charge in [-0.1, -0.05) is 13.8 Å². The van der Waals surface area contributed by atoms with Gasteiger partial charge in [0.05, 0.1) is 17.1 Å². The van der Waals surface area contributed by atoms with Crippen molar-refractivity contribution < 1.29 is 22.9 Å². The van der Waals surface area contributed by atoms with E-state index >= 15 is 0 Å². The van der Waals surface area contributed by atoms with Crippen molar-refractivity contribution in [1.29, 1.82) is 0 Å². The molecule has 1 aromatic rings. The molecule has 0 radical (unpaired) electrons. The minimum Gasteiger partial charge on any atom is -0.462 e. The molecule has 0 unspecified atom stereocenters. The summed E-state index contributed by atoms with van der Waals surface area (Å²) >= 11 is 0. The predicted octanol–water partition coefficient (Wildman–Crippen LogP) is 1.81. The molecule has 0 saturated carbocycles. The van der Waals surface area contributed by atoms with Crippen molar-refractivity contribution in [3.8, 4) is 0 Å². The first kappa shape index (κ1) is 16.1. The summed E-state index contributed by atoms with van der Waals surface area (Å²) in [6.07, 6.45) is 0.867.